The highest BCUT2D eigenvalue weighted by Gasteiger charge is 2.19. The van der Waals surface area contributed by atoms with Crippen LogP contribution in [0.3, 0.4) is 0 Å². The van der Waals surface area contributed by atoms with Gasteiger partial charge >= 0.3 is 0 Å². The molecule has 47 valence electrons. The molecule has 0 saturated carbocycles. The predicted molar refractivity (Wildman–Crippen MR) is 27.9 cm³/mol. The van der Waals surface area contributed by atoms with Gasteiger partial charge in [0.05, 0.1) is 0 Å². The normalized spacial score (nSPS) is 27.8. The second-order valence-electron chi connectivity index (χ2n) is 2.32. The molecule has 1 rings (SSSR count). The topological polar surface area (TPSA) is 43.0 Å². The summed E-state index contributed by atoms with van der Waals surface area (Å²) < 4.78 is 0. The fourth-order valence-corrected chi connectivity index (χ4v) is 0.994. The standard InChI is InChI=1S/C5H10NO2/c7-6(8)4-2-1-3-5-6/h1-5H2. The molecule has 0 aliphatic carbocycles. The zero-order valence-electron chi connectivity index (χ0n) is 4.80. The Morgan fingerprint density at radius 1 is 1.12 bits per heavy atom. The van der Waals surface area contributed by atoms with Crippen molar-refractivity contribution in [1.29, 1.82) is 0 Å². The van der Waals surface area contributed by atoms with E-state index in [9.17, 15) is 10.4 Å². The number of piperidine rings is 1. The Balaban J connectivity index is 2.33. The molecule has 0 aromatic rings. The van der Waals surface area contributed by atoms with E-state index in [4.69, 9.17) is 0 Å². The minimum atomic E-state index is -1.25. The summed E-state index contributed by atoms with van der Waals surface area (Å²) in [5.41, 5.74) is 0. The Hall–Kier alpha value is -0.120. The smallest absolute Gasteiger partial charge is 0.112 e. The van der Waals surface area contributed by atoms with Crippen LogP contribution in [-0.2, 0) is 5.21 Å². The van der Waals surface area contributed by atoms with Gasteiger partial charge in [-0.25, -0.2) is 0 Å². The lowest BCUT2D eigenvalue weighted by atomic mass is 10.2. The van der Waals surface area contributed by atoms with E-state index in [0.29, 0.717) is 0 Å². The number of hydroxylamine groups is 4. The third kappa shape index (κ3) is 1.43. The third-order valence-corrected chi connectivity index (χ3v) is 1.50. The van der Waals surface area contributed by atoms with Crippen molar-refractivity contribution in [1.82, 2.24) is 0 Å². The number of hydrogen-bond acceptors (Lipinski definition) is 1. The molecule has 1 heterocycles. The van der Waals surface area contributed by atoms with Crippen molar-refractivity contribution in [3.8, 4) is 0 Å². The molecule has 0 bridgehead atoms. The van der Waals surface area contributed by atoms with Crippen LogP contribution in [0.4, 0.5) is 0 Å². The molecule has 0 aromatic heterocycles. The van der Waals surface area contributed by atoms with Crippen LogP contribution in [0.15, 0.2) is 0 Å². The first kappa shape index (κ1) is 6.01. The average molecular weight is 116 g/mol. The quantitative estimate of drug-likeness (QED) is 0.341. The summed E-state index contributed by atoms with van der Waals surface area (Å²) in [5.74, 6) is 0. The highest BCUT2D eigenvalue weighted by molar-refractivity contribution is 4.47. The van der Waals surface area contributed by atoms with E-state index >= 15 is 0 Å². The van der Waals surface area contributed by atoms with Gasteiger partial charge in [-0.3, -0.25) is 0 Å². The summed E-state index contributed by atoms with van der Waals surface area (Å²) in [6.07, 6.45) is 2.68. The maximum absolute atomic E-state index is 10.5. The van der Waals surface area contributed by atoms with E-state index in [2.05, 4.69) is 0 Å². The molecule has 1 radical (unpaired) electrons. The predicted octanol–water partition coefficient (Wildman–Crippen LogP) is 0.830. The molecule has 3 nitrogen and oxygen atoms in total. The highest BCUT2D eigenvalue weighted by atomic mass is 16.8. The minimum absolute atomic E-state index is 0.278. The molecule has 0 spiro atoms. The van der Waals surface area contributed by atoms with Gasteiger partial charge in [-0.2, -0.15) is 4.81 Å². The van der Waals surface area contributed by atoms with Crippen molar-refractivity contribution in [3.05, 3.63) is 5.21 Å². The first-order chi connectivity index (χ1) is 3.71. The van der Waals surface area contributed by atoms with Gasteiger partial charge in [-0.1, -0.05) is 0 Å². The molecule has 8 heavy (non-hydrogen) atoms. The number of quaternary nitrogens is 1. The number of rotatable bonds is 0. The maximum atomic E-state index is 10.5. The van der Waals surface area contributed by atoms with Crippen molar-refractivity contribution in [3.63, 3.8) is 0 Å². The van der Waals surface area contributed by atoms with Crippen LogP contribution in [0.1, 0.15) is 19.3 Å². The van der Waals surface area contributed by atoms with Crippen LogP contribution in [0.5, 0.6) is 0 Å². The molecule has 1 saturated heterocycles. The molecule has 0 unspecified atom stereocenters. The molecular weight excluding hydrogens is 106 g/mol. The van der Waals surface area contributed by atoms with Gasteiger partial charge in [0.15, 0.2) is 0 Å². The zero-order chi connectivity index (χ0) is 6.04. The van der Waals surface area contributed by atoms with Crippen LogP contribution in [-0.4, -0.2) is 17.9 Å². The second kappa shape index (κ2) is 2.01. The van der Waals surface area contributed by atoms with E-state index < -0.39 is 4.81 Å². The van der Waals surface area contributed by atoms with Crippen LogP contribution < -0.4 is 0 Å². The van der Waals surface area contributed by atoms with E-state index in [1.54, 1.807) is 0 Å². The molecule has 0 atom stereocenters. The van der Waals surface area contributed by atoms with Crippen molar-refractivity contribution in [2.45, 2.75) is 19.3 Å². The minimum Gasteiger partial charge on any atom is -0.596 e. The molecule has 1 aliphatic heterocycles. The lowest BCUT2D eigenvalue weighted by Crippen LogP contribution is -2.41. The highest BCUT2D eigenvalue weighted by Crippen LogP contribution is 2.13. The van der Waals surface area contributed by atoms with E-state index in [0.717, 1.165) is 19.3 Å². The summed E-state index contributed by atoms with van der Waals surface area (Å²) in [4.78, 5) is -1.25. The number of nitrogens with zero attached hydrogens (tertiary/aromatic N) is 1. The van der Waals surface area contributed by atoms with Gasteiger partial charge in [0.2, 0.25) is 0 Å². The van der Waals surface area contributed by atoms with Gasteiger partial charge in [0.1, 0.15) is 13.1 Å². The Kier molecular flexibility index (Phi) is 1.51. The Morgan fingerprint density at radius 2 is 1.62 bits per heavy atom. The number of hydrogen-bond donors (Lipinski definition) is 0. The second-order valence-corrected chi connectivity index (χ2v) is 2.32. The zero-order valence-corrected chi connectivity index (χ0v) is 4.80. The van der Waals surface area contributed by atoms with Crippen molar-refractivity contribution in [2.75, 3.05) is 13.1 Å². The third-order valence-electron chi connectivity index (χ3n) is 1.50. The van der Waals surface area contributed by atoms with Crippen LogP contribution in [0.2, 0.25) is 0 Å². The summed E-state index contributed by atoms with van der Waals surface area (Å²) in [6.45, 7) is 0.556. The van der Waals surface area contributed by atoms with Crippen molar-refractivity contribution in [2.24, 2.45) is 0 Å². The molecule has 0 amide bonds. The van der Waals surface area contributed by atoms with E-state index in [1.165, 1.54) is 0 Å². The van der Waals surface area contributed by atoms with Gasteiger partial charge in [0, 0.05) is 18.0 Å². The van der Waals surface area contributed by atoms with Crippen LogP contribution >= 0.6 is 0 Å². The Morgan fingerprint density at radius 3 is 1.88 bits per heavy atom. The first-order valence-electron chi connectivity index (χ1n) is 3.00. The molecule has 0 N–H and O–H groups in total. The maximum Gasteiger partial charge on any atom is 0.112 e. The molecule has 3 heteroatoms. The summed E-state index contributed by atoms with van der Waals surface area (Å²) in [5, 5.41) is 21.0. The van der Waals surface area contributed by atoms with Gasteiger partial charge in [0.25, 0.3) is 0 Å². The van der Waals surface area contributed by atoms with Crippen molar-refractivity contribution < 1.29 is 10.0 Å². The van der Waals surface area contributed by atoms with Gasteiger partial charge < -0.3 is 5.21 Å². The summed E-state index contributed by atoms with van der Waals surface area (Å²) >= 11 is 0. The molecular formula is C5H10NO2. The average Bonchev–Trinajstić information content (AvgIpc) is 1.65. The fraction of sp³-hybridized carbons (Fsp3) is 1.00. The fourth-order valence-electron chi connectivity index (χ4n) is 0.994. The van der Waals surface area contributed by atoms with Crippen LogP contribution in [0, 0.1) is 5.21 Å². The lowest BCUT2D eigenvalue weighted by molar-refractivity contribution is -1.09. The van der Waals surface area contributed by atoms with Gasteiger partial charge in [-0.15, -0.1) is 0 Å². The molecule has 1 fully saturated rings. The SMILES string of the molecule is [O][N+]1([O-])CCCCC1. The molecule has 0 aromatic carbocycles. The Bertz CT molecular complexity index is 74.5. The first-order valence-corrected chi connectivity index (χ1v) is 3.00. The monoisotopic (exact) mass is 116 g/mol. The summed E-state index contributed by atoms with van der Waals surface area (Å²) in [6, 6.07) is 0. The largest absolute Gasteiger partial charge is 0.596 e. The van der Waals surface area contributed by atoms with Crippen LogP contribution in [0.25, 0.3) is 0 Å². The lowest BCUT2D eigenvalue weighted by Gasteiger charge is -2.32. The van der Waals surface area contributed by atoms with E-state index in [1.807, 2.05) is 0 Å². The molecule has 1 aliphatic rings. The summed E-state index contributed by atoms with van der Waals surface area (Å²) in [7, 11) is 0. The van der Waals surface area contributed by atoms with Crippen molar-refractivity contribution >= 4 is 0 Å². The van der Waals surface area contributed by atoms with Gasteiger partial charge in [-0.05, 0) is 6.42 Å². The Labute approximate surface area is 48.7 Å². The van der Waals surface area contributed by atoms with E-state index in [-0.39, 0.29) is 13.1 Å².